The van der Waals surface area contributed by atoms with E-state index in [4.69, 9.17) is 14.0 Å². The van der Waals surface area contributed by atoms with Crippen molar-refractivity contribution in [3.05, 3.63) is 29.6 Å². The normalized spacial score (nSPS) is 13.1. The molecule has 234 valence electrons. The van der Waals surface area contributed by atoms with Crippen molar-refractivity contribution in [2.45, 2.75) is 127 Å². The smallest absolute Gasteiger partial charge is 0.379 e. The van der Waals surface area contributed by atoms with E-state index in [1.807, 2.05) is 0 Å². The van der Waals surface area contributed by atoms with Crippen molar-refractivity contribution in [1.29, 1.82) is 0 Å². The first-order valence-corrected chi connectivity index (χ1v) is 18.3. The van der Waals surface area contributed by atoms with E-state index in [0.29, 0.717) is 6.61 Å². The van der Waals surface area contributed by atoms with Gasteiger partial charge in [-0.1, -0.05) is 103 Å². The van der Waals surface area contributed by atoms with Gasteiger partial charge >= 0.3 is 7.82 Å². The summed E-state index contributed by atoms with van der Waals surface area (Å²) in [6, 6.07) is 3.36. The van der Waals surface area contributed by atoms with Gasteiger partial charge in [0.15, 0.2) is 9.84 Å². The molecule has 40 heavy (non-hydrogen) atoms. The van der Waals surface area contributed by atoms with Crippen LogP contribution >= 0.6 is 7.82 Å². The molecule has 0 fully saturated rings. The third-order valence-electron chi connectivity index (χ3n) is 6.66. The topological polar surface area (TPSA) is 119 Å². The molecule has 1 atom stereocenters. The number of phosphoric ester groups is 1. The van der Waals surface area contributed by atoms with E-state index in [9.17, 15) is 27.2 Å². The Balaban J connectivity index is 2.13. The van der Waals surface area contributed by atoms with Crippen LogP contribution in [0.4, 0.5) is 4.39 Å². The fraction of sp³-hybridized carbons (Fsp3) is 0.793. The molecular weight excluding hydrogens is 558 g/mol. The third-order valence-corrected chi connectivity index (χ3v) is 8.33. The summed E-state index contributed by atoms with van der Waals surface area (Å²) in [5.41, 5.74) is 0.282. The summed E-state index contributed by atoms with van der Waals surface area (Å²) in [7, 11) is -8.36. The van der Waals surface area contributed by atoms with Crippen molar-refractivity contribution in [3.63, 3.8) is 0 Å². The SMILES string of the molecule is CCCCCCCCCCCCCCCCCCOC[C@H](COCc1cc(F)cc(S(C)(=O)=O)c1)OP(=O)(O)O. The van der Waals surface area contributed by atoms with Crippen LogP contribution in [0.15, 0.2) is 23.1 Å². The summed E-state index contributed by atoms with van der Waals surface area (Å²) >= 11 is 0. The largest absolute Gasteiger partial charge is 0.470 e. The van der Waals surface area contributed by atoms with Gasteiger partial charge in [-0.05, 0) is 30.2 Å². The Morgan fingerprint density at radius 2 is 1.25 bits per heavy atom. The molecule has 1 aromatic rings. The second kappa shape index (κ2) is 21.8. The third kappa shape index (κ3) is 20.9. The maximum atomic E-state index is 13.8. The van der Waals surface area contributed by atoms with E-state index in [0.717, 1.165) is 37.7 Å². The standard InChI is InChI=1S/C29H52FO8PS/c1-3-4-5-6-7-8-9-10-11-12-13-14-15-16-17-18-19-36-24-28(38-39(31,32)33)25-37-23-26-20-27(30)22-29(21-26)40(2,34)35/h20-22,28H,3-19,23-25H2,1-2H3,(H2,31,32,33)/t28-/m1/s1. The monoisotopic (exact) mass is 610 g/mol. The number of halogens is 1. The molecule has 0 heterocycles. The molecule has 0 radical (unpaired) electrons. The van der Waals surface area contributed by atoms with Crippen LogP contribution in [0.3, 0.4) is 0 Å². The lowest BCUT2D eigenvalue weighted by Crippen LogP contribution is -2.25. The van der Waals surface area contributed by atoms with Gasteiger partial charge in [0, 0.05) is 12.9 Å². The maximum absolute atomic E-state index is 13.8. The minimum Gasteiger partial charge on any atom is -0.379 e. The van der Waals surface area contributed by atoms with Crippen LogP contribution in [0, 0.1) is 5.82 Å². The molecule has 0 aliphatic carbocycles. The fourth-order valence-corrected chi connectivity index (χ4v) is 5.70. The summed E-state index contributed by atoms with van der Waals surface area (Å²) < 4.78 is 64.2. The van der Waals surface area contributed by atoms with Crippen molar-refractivity contribution in [2.75, 3.05) is 26.1 Å². The summed E-state index contributed by atoms with van der Waals surface area (Å²) in [6.07, 6.45) is 20.3. The highest BCUT2D eigenvalue weighted by Crippen LogP contribution is 2.37. The van der Waals surface area contributed by atoms with Gasteiger partial charge in [0.25, 0.3) is 0 Å². The van der Waals surface area contributed by atoms with E-state index in [1.165, 1.54) is 89.5 Å². The number of unbranched alkanes of at least 4 members (excludes halogenated alkanes) is 15. The molecule has 0 spiro atoms. The van der Waals surface area contributed by atoms with Crippen LogP contribution in [-0.4, -0.2) is 50.4 Å². The van der Waals surface area contributed by atoms with Crippen molar-refractivity contribution >= 4 is 17.7 Å². The summed E-state index contributed by atoms with van der Waals surface area (Å²) in [5.74, 6) is -0.716. The first-order chi connectivity index (χ1) is 19.0. The molecule has 0 aromatic heterocycles. The van der Waals surface area contributed by atoms with Gasteiger partial charge in [0.05, 0.1) is 24.7 Å². The van der Waals surface area contributed by atoms with E-state index >= 15 is 0 Å². The number of ether oxygens (including phenoxy) is 2. The first-order valence-electron chi connectivity index (χ1n) is 14.9. The zero-order valence-electron chi connectivity index (χ0n) is 24.5. The van der Waals surface area contributed by atoms with E-state index in [1.54, 1.807) is 0 Å². The van der Waals surface area contributed by atoms with E-state index in [-0.39, 0.29) is 30.3 Å². The number of benzene rings is 1. The Bertz CT molecular complexity index is 938. The molecular formula is C29H52FO8PS. The quantitative estimate of drug-likeness (QED) is 0.0817. The molecule has 2 N–H and O–H groups in total. The lowest BCUT2D eigenvalue weighted by molar-refractivity contribution is -0.0231. The second-order valence-corrected chi connectivity index (χ2v) is 13.9. The molecule has 1 aromatic carbocycles. The Hall–Kier alpha value is -0.870. The van der Waals surface area contributed by atoms with Crippen LogP contribution in [0.5, 0.6) is 0 Å². The lowest BCUT2D eigenvalue weighted by Gasteiger charge is -2.18. The molecule has 0 unspecified atom stereocenters. The summed E-state index contributed by atoms with van der Waals surface area (Å²) in [5, 5.41) is 0. The molecule has 0 amide bonds. The Morgan fingerprint density at radius 3 is 1.73 bits per heavy atom. The van der Waals surface area contributed by atoms with Gasteiger partial charge in [-0.3, -0.25) is 4.52 Å². The number of phosphoric acid groups is 1. The minimum absolute atomic E-state index is 0.0679. The molecule has 0 aliphatic heterocycles. The van der Waals surface area contributed by atoms with Crippen LogP contribution in [-0.2, 0) is 35.0 Å². The second-order valence-electron chi connectivity index (χ2n) is 10.7. The molecule has 0 aliphatic rings. The van der Waals surface area contributed by atoms with Crippen LogP contribution in [0.2, 0.25) is 0 Å². The minimum atomic E-state index is -4.76. The van der Waals surface area contributed by atoms with Crippen molar-refractivity contribution in [3.8, 4) is 0 Å². The predicted molar refractivity (Wildman–Crippen MR) is 156 cm³/mol. The van der Waals surface area contributed by atoms with Gasteiger partial charge in [-0.25, -0.2) is 17.4 Å². The van der Waals surface area contributed by atoms with Crippen LogP contribution < -0.4 is 0 Å². The van der Waals surface area contributed by atoms with Gasteiger partial charge in [-0.15, -0.1) is 0 Å². The summed E-state index contributed by atoms with van der Waals surface area (Å²) in [4.78, 5) is 18.2. The molecule has 8 nitrogen and oxygen atoms in total. The van der Waals surface area contributed by atoms with Crippen molar-refractivity contribution < 1.29 is 41.2 Å². The van der Waals surface area contributed by atoms with E-state index in [2.05, 4.69) is 6.92 Å². The van der Waals surface area contributed by atoms with Crippen molar-refractivity contribution in [2.24, 2.45) is 0 Å². The molecule has 0 bridgehead atoms. The zero-order valence-corrected chi connectivity index (χ0v) is 26.2. The number of sulfone groups is 1. The van der Waals surface area contributed by atoms with Gasteiger partial charge in [0.2, 0.25) is 0 Å². The average Bonchev–Trinajstić information content (AvgIpc) is 2.86. The van der Waals surface area contributed by atoms with Gasteiger partial charge in [0.1, 0.15) is 11.9 Å². The molecule has 0 saturated heterocycles. The van der Waals surface area contributed by atoms with Crippen LogP contribution in [0.25, 0.3) is 0 Å². The highest BCUT2D eigenvalue weighted by atomic mass is 32.2. The number of hydrogen-bond acceptors (Lipinski definition) is 6. The fourth-order valence-electron chi connectivity index (χ4n) is 4.50. The van der Waals surface area contributed by atoms with Crippen molar-refractivity contribution in [1.82, 2.24) is 0 Å². The Labute approximate surface area is 241 Å². The number of hydrogen-bond donors (Lipinski definition) is 2. The molecule has 11 heteroatoms. The number of rotatable bonds is 26. The van der Waals surface area contributed by atoms with Crippen LogP contribution in [0.1, 0.15) is 115 Å². The Morgan fingerprint density at radius 1 is 0.775 bits per heavy atom. The zero-order chi connectivity index (χ0) is 29.7. The predicted octanol–water partition coefficient (Wildman–Crippen LogP) is 7.50. The highest BCUT2D eigenvalue weighted by molar-refractivity contribution is 7.90. The molecule has 0 saturated carbocycles. The highest BCUT2D eigenvalue weighted by Gasteiger charge is 2.23. The Kier molecular flexibility index (Phi) is 20.2. The van der Waals surface area contributed by atoms with E-state index < -0.39 is 29.6 Å². The van der Waals surface area contributed by atoms with Gasteiger partial charge in [-0.2, -0.15) is 0 Å². The molecule has 1 rings (SSSR count). The maximum Gasteiger partial charge on any atom is 0.470 e. The van der Waals surface area contributed by atoms with Gasteiger partial charge < -0.3 is 19.3 Å². The first kappa shape index (κ1) is 37.2. The lowest BCUT2D eigenvalue weighted by atomic mass is 10.0. The summed E-state index contributed by atoms with van der Waals surface area (Å²) in [6.45, 7) is 2.26. The average molecular weight is 611 g/mol.